The van der Waals surface area contributed by atoms with E-state index < -0.39 is 0 Å². The average molecular weight is 386 g/mol. The first kappa shape index (κ1) is 19.4. The number of carbonyl (C=O) groups excluding carboxylic acids is 2. The number of likely N-dealkylation sites (tertiary alicyclic amines) is 2. The molecule has 28 heavy (non-hydrogen) atoms. The van der Waals surface area contributed by atoms with Crippen molar-refractivity contribution in [1.82, 2.24) is 14.7 Å². The van der Waals surface area contributed by atoms with Crippen LogP contribution < -0.4 is 0 Å². The molecule has 0 saturated carbocycles. The monoisotopic (exact) mass is 385 g/mol. The first-order chi connectivity index (χ1) is 13.7. The van der Waals surface area contributed by atoms with Crippen molar-refractivity contribution in [3.05, 3.63) is 35.9 Å². The summed E-state index contributed by atoms with van der Waals surface area (Å²) in [5.41, 5.74) is 1.14. The summed E-state index contributed by atoms with van der Waals surface area (Å²) in [6, 6.07) is 10.2. The molecule has 3 saturated heterocycles. The number of nitrogens with zero attached hydrogens (tertiary/aromatic N) is 3. The number of hydrogen-bond donors (Lipinski definition) is 0. The largest absolute Gasteiger partial charge is 0.373 e. The van der Waals surface area contributed by atoms with Crippen LogP contribution in [0.2, 0.25) is 0 Å². The summed E-state index contributed by atoms with van der Waals surface area (Å²) >= 11 is 0. The number of hydrogen-bond acceptors (Lipinski definition) is 4. The zero-order valence-electron chi connectivity index (χ0n) is 16.6. The minimum Gasteiger partial charge on any atom is -0.373 e. The molecular formula is C22H31N3O3. The maximum Gasteiger partial charge on any atom is 0.225 e. The van der Waals surface area contributed by atoms with Crippen LogP contribution in [0.3, 0.4) is 0 Å². The molecule has 2 atom stereocenters. The third-order valence-corrected chi connectivity index (χ3v) is 6.22. The van der Waals surface area contributed by atoms with Crippen molar-refractivity contribution in [2.75, 3.05) is 45.9 Å². The van der Waals surface area contributed by atoms with Gasteiger partial charge in [0.15, 0.2) is 0 Å². The molecule has 1 aromatic rings. The number of morpholine rings is 1. The van der Waals surface area contributed by atoms with Gasteiger partial charge in [0, 0.05) is 39.0 Å². The Bertz CT molecular complexity index is 675. The second-order valence-corrected chi connectivity index (χ2v) is 8.09. The maximum absolute atomic E-state index is 13.1. The third kappa shape index (κ3) is 4.39. The summed E-state index contributed by atoms with van der Waals surface area (Å²) in [5, 5.41) is 0. The van der Waals surface area contributed by atoms with Crippen LogP contribution in [0.25, 0.3) is 0 Å². The van der Waals surface area contributed by atoms with E-state index in [9.17, 15) is 9.59 Å². The highest BCUT2D eigenvalue weighted by molar-refractivity contribution is 5.80. The molecule has 0 aliphatic carbocycles. The van der Waals surface area contributed by atoms with Crippen molar-refractivity contribution in [3.8, 4) is 0 Å². The standard InChI is InChI=1S/C22H31N3O3/c26-20-9-6-13-24(20)14-10-21(27)25-15-16-28-19(17-23-11-4-5-12-23)22(25)18-7-2-1-3-8-18/h1-3,7-8,19,22H,4-6,9-17H2/t19-,22-/m0/s1. The molecule has 3 aliphatic heterocycles. The van der Waals surface area contributed by atoms with Gasteiger partial charge in [0.25, 0.3) is 0 Å². The summed E-state index contributed by atoms with van der Waals surface area (Å²) in [4.78, 5) is 31.3. The zero-order chi connectivity index (χ0) is 19.3. The molecule has 1 aromatic carbocycles. The lowest BCUT2D eigenvalue weighted by molar-refractivity contribution is -0.148. The molecule has 4 rings (SSSR count). The molecule has 3 fully saturated rings. The van der Waals surface area contributed by atoms with Crippen molar-refractivity contribution >= 4 is 11.8 Å². The van der Waals surface area contributed by atoms with Crippen LogP contribution in [0, 0.1) is 0 Å². The minimum atomic E-state index is -0.0580. The van der Waals surface area contributed by atoms with Crippen LogP contribution in [0.4, 0.5) is 0 Å². The topological polar surface area (TPSA) is 53.1 Å². The predicted octanol–water partition coefficient (Wildman–Crippen LogP) is 2.06. The van der Waals surface area contributed by atoms with Gasteiger partial charge in [-0.3, -0.25) is 9.59 Å². The van der Waals surface area contributed by atoms with Gasteiger partial charge in [0.1, 0.15) is 0 Å². The molecule has 152 valence electrons. The summed E-state index contributed by atoms with van der Waals surface area (Å²) in [7, 11) is 0. The van der Waals surface area contributed by atoms with Gasteiger partial charge in [-0.05, 0) is 37.9 Å². The van der Waals surface area contributed by atoms with Gasteiger partial charge in [0.2, 0.25) is 11.8 Å². The molecule has 3 aliphatic rings. The van der Waals surface area contributed by atoms with Crippen LogP contribution >= 0.6 is 0 Å². The lowest BCUT2D eigenvalue weighted by atomic mass is 9.97. The van der Waals surface area contributed by atoms with Gasteiger partial charge in [-0.15, -0.1) is 0 Å². The van der Waals surface area contributed by atoms with E-state index in [4.69, 9.17) is 4.74 Å². The third-order valence-electron chi connectivity index (χ3n) is 6.22. The first-order valence-electron chi connectivity index (χ1n) is 10.7. The average Bonchev–Trinajstić information content (AvgIpc) is 3.38. The van der Waals surface area contributed by atoms with Crippen molar-refractivity contribution in [2.45, 2.75) is 44.2 Å². The Labute approximate surface area is 167 Å². The van der Waals surface area contributed by atoms with Crippen LogP contribution in [-0.4, -0.2) is 78.5 Å². The van der Waals surface area contributed by atoms with E-state index in [0.29, 0.717) is 32.5 Å². The second-order valence-electron chi connectivity index (χ2n) is 8.09. The quantitative estimate of drug-likeness (QED) is 0.752. The summed E-state index contributed by atoms with van der Waals surface area (Å²) in [6.07, 6.45) is 4.41. The van der Waals surface area contributed by atoms with Gasteiger partial charge < -0.3 is 19.4 Å². The highest BCUT2D eigenvalue weighted by Gasteiger charge is 2.37. The molecule has 2 amide bonds. The lowest BCUT2D eigenvalue weighted by Crippen LogP contribution is -2.52. The highest BCUT2D eigenvalue weighted by Crippen LogP contribution is 2.31. The molecule has 0 unspecified atom stereocenters. The first-order valence-corrected chi connectivity index (χ1v) is 10.7. The van der Waals surface area contributed by atoms with Crippen molar-refractivity contribution in [3.63, 3.8) is 0 Å². The molecule has 0 N–H and O–H groups in total. The Balaban J connectivity index is 1.48. The van der Waals surface area contributed by atoms with Gasteiger partial charge >= 0.3 is 0 Å². The molecule has 6 nitrogen and oxygen atoms in total. The SMILES string of the molecule is O=C1CCCN1CCC(=O)N1CCO[C@@H](CN2CCCC2)[C@@H]1c1ccccc1. The lowest BCUT2D eigenvalue weighted by Gasteiger charge is -2.43. The number of carbonyl (C=O) groups is 2. The van der Waals surface area contributed by atoms with Crippen molar-refractivity contribution in [2.24, 2.45) is 0 Å². The minimum absolute atomic E-state index is 0.00776. The van der Waals surface area contributed by atoms with Gasteiger partial charge in [-0.25, -0.2) is 0 Å². The molecular weight excluding hydrogens is 354 g/mol. The predicted molar refractivity (Wildman–Crippen MR) is 107 cm³/mol. The molecule has 0 bridgehead atoms. The Kier molecular flexibility index (Phi) is 6.27. The second kappa shape index (κ2) is 9.05. The number of rotatable bonds is 6. The Morgan fingerprint density at radius 2 is 1.82 bits per heavy atom. The van der Waals surface area contributed by atoms with E-state index >= 15 is 0 Å². The normalized spacial score (nSPS) is 26.2. The van der Waals surface area contributed by atoms with Gasteiger partial charge in [-0.1, -0.05) is 30.3 Å². The van der Waals surface area contributed by atoms with E-state index in [1.54, 1.807) is 0 Å². The molecule has 0 spiro atoms. The Morgan fingerprint density at radius 1 is 1.04 bits per heavy atom. The van der Waals surface area contributed by atoms with E-state index in [-0.39, 0.29) is 24.0 Å². The van der Waals surface area contributed by atoms with Crippen LogP contribution in [0.5, 0.6) is 0 Å². The van der Waals surface area contributed by atoms with Crippen LogP contribution in [0.15, 0.2) is 30.3 Å². The fourth-order valence-corrected chi connectivity index (χ4v) is 4.74. The molecule has 6 heteroatoms. The van der Waals surface area contributed by atoms with Gasteiger partial charge in [-0.2, -0.15) is 0 Å². The highest BCUT2D eigenvalue weighted by atomic mass is 16.5. The summed E-state index contributed by atoms with van der Waals surface area (Å²) < 4.78 is 6.18. The van der Waals surface area contributed by atoms with E-state index in [0.717, 1.165) is 38.2 Å². The number of amides is 2. The summed E-state index contributed by atoms with van der Waals surface area (Å²) in [6.45, 7) is 5.62. The van der Waals surface area contributed by atoms with Gasteiger partial charge in [0.05, 0.1) is 18.8 Å². The number of benzene rings is 1. The molecule has 0 aromatic heterocycles. The van der Waals surface area contributed by atoms with E-state index in [1.807, 2.05) is 28.0 Å². The van der Waals surface area contributed by atoms with E-state index in [2.05, 4.69) is 17.0 Å². The van der Waals surface area contributed by atoms with Crippen LogP contribution in [0.1, 0.15) is 43.7 Å². The molecule has 0 radical (unpaired) electrons. The van der Waals surface area contributed by atoms with Crippen molar-refractivity contribution in [1.29, 1.82) is 0 Å². The number of ether oxygens (including phenoxy) is 1. The maximum atomic E-state index is 13.1. The zero-order valence-corrected chi connectivity index (χ0v) is 16.6. The smallest absolute Gasteiger partial charge is 0.225 e. The molecule has 3 heterocycles. The fraction of sp³-hybridized carbons (Fsp3) is 0.636. The van der Waals surface area contributed by atoms with E-state index in [1.165, 1.54) is 12.8 Å². The Morgan fingerprint density at radius 3 is 2.54 bits per heavy atom. The van der Waals surface area contributed by atoms with Crippen molar-refractivity contribution < 1.29 is 14.3 Å². The Hall–Kier alpha value is -1.92. The summed E-state index contributed by atoms with van der Waals surface area (Å²) in [5.74, 6) is 0.310. The fourth-order valence-electron chi connectivity index (χ4n) is 4.74. The van der Waals surface area contributed by atoms with Crippen LogP contribution in [-0.2, 0) is 14.3 Å².